The molecule has 0 aliphatic rings. The quantitative estimate of drug-likeness (QED) is 0.385. The topological polar surface area (TPSA) is 89.4 Å². The van der Waals surface area contributed by atoms with Crippen LogP contribution in [0.15, 0.2) is 66.9 Å². The molecule has 7 heteroatoms. The Morgan fingerprint density at radius 2 is 1.97 bits per heavy atom. The molecular weight excluding hydrogens is 414 g/mol. The van der Waals surface area contributed by atoms with Crippen LogP contribution < -0.4 is 9.72 Å². The Morgan fingerprint density at radius 3 is 2.81 bits per heavy atom. The molecule has 0 atom stereocenters. The van der Waals surface area contributed by atoms with Crippen molar-refractivity contribution in [1.82, 2.24) is 9.97 Å². The molecule has 0 fully saturated rings. The largest absolute Gasteiger partial charge is 0.478 e. The van der Waals surface area contributed by atoms with Crippen molar-refractivity contribution in [2.75, 3.05) is 0 Å². The van der Waals surface area contributed by atoms with E-state index >= 15 is 0 Å². The van der Waals surface area contributed by atoms with Crippen LogP contribution in [0.25, 0.3) is 33.1 Å². The van der Waals surface area contributed by atoms with Crippen molar-refractivity contribution in [1.29, 1.82) is 0 Å². The number of imidazole rings is 1. The monoisotopic (exact) mass is 430 g/mol. The minimum atomic E-state index is -1.00. The number of hydrogen-bond acceptors (Lipinski definition) is 3. The summed E-state index contributed by atoms with van der Waals surface area (Å²) in [5.74, 6) is -0.617. The van der Waals surface area contributed by atoms with Gasteiger partial charge in [0.25, 0.3) is 6.01 Å². The molecule has 0 saturated carbocycles. The first-order valence-corrected chi connectivity index (χ1v) is 9.97. The second kappa shape index (κ2) is 7.41. The van der Waals surface area contributed by atoms with Crippen LogP contribution in [0.3, 0.4) is 0 Å². The van der Waals surface area contributed by atoms with Crippen molar-refractivity contribution in [3.8, 4) is 22.9 Å². The third-order valence-electron chi connectivity index (χ3n) is 5.17. The van der Waals surface area contributed by atoms with Gasteiger partial charge in [-0.3, -0.25) is 0 Å². The van der Waals surface area contributed by atoms with Crippen LogP contribution in [0.2, 0.25) is 5.02 Å². The van der Waals surface area contributed by atoms with Crippen LogP contribution in [-0.2, 0) is 0 Å². The fourth-order valence-electron chi connectivity index (χ4n) is 3.56. The number of halogens is 1. The highest BCUT2D eigenvalue weighted by molar-refractivity contribution is 6.34. The second-order valence-corrected chi connectivity index (χ2v) is 7.66. The van der Waals surface area contributed by atoms with Crippen molar-refractivity contribution in [2.45, 2.75) is 6.92 Å². The van der Waals surface area contributed by atoms with E-state index in [-0.39, 0.29) is 11.6 Å². The summed E-state index contributed by atoms with van der Waals surface area (Å²) in [5, 5.41) is 11.0. The van der Waals surface area contributed by atoms with E-state index in [1.807, 2.05) is 36.5 Å². The van der Waals surface area contributed by atoms with E-state index in [1.54, 1.807) is 25.1 Å². The number of pyridine rings is 1. The minimum absolute atomic E-state index is 0.187. The Labute approximate surface area is 182 Å². The molecule has 2 heterocycles. The van der Waals surface area contributed by atoms with Gasteiger partial charge in [-0.2, -0.15) is 4.98 Å². The summed E-state index contributed by atoms with van der Waals surface area (Å²) in [6.45, 7) is 1.74. The molecule has 3 aromatic carbocycles. The van der Waals surface area contributed by atoms with E-state index < -0.39 is 5.97 Å². The van der Waals surface area contributed by atoms with Gasteiger partial charge in [0.1, 0.15) is 5.75 Å². The van der Waals surface area contributed by atoms with Gasteiger partial charge in [-0.15, -0.1) is 0 Å². The predicted molar refractivity (Wildman–Crippen MR) is 119 cm³/mol. The third-order valence-corrected chi connectivity index (χ3v) is 5.48. The van der Waals surface area contributed by atoms with Gasteiger partial charge in [-0.1, -0.05) is 29.8 Å². The summed E-state index contributed by atoms with van der Waals surface area (Å²) in [6.07, 6.45) is 1.92. The number of carbonyl (C=O) groups is 1. The van der Waals surface area contributed by atoms with Crippen molar-refractivity contribution in [2.24, 2.45) is 0 Å². The fourth-order valence-corrected chi connectivity index (χ4v) is 3.83. The molecule has 0 bridgehead atoms. The lowest BCUT2D eigenvalue weighted by molar-refractivity contribution is -0.343. The standard InChI is InChI=1S/C24H16ClN3O3/c1-13-6-7-16(9-17(13)23(29)30)31-24-27-21-10-18(19(25)11-22(21)28-24)15-8-14-4-2-3-5-20(14)26-12-15/h2-12H,1H3,(H,27,28)(H,29,30)/p+1. The lowest BCUT2D eigenvalue weighted by Crippen LogP contribution is -2.03. The van der Waals surface area contributed by atoms with Gasteiger partial charge in [0, 0.05) is 22.6 Å². The highest BCUT2D eigenvalue weighted by Crippen LogP contribution is 2.33. The number of hydrogen-bond donors (Lipinski definition) is 2. The number of aryl methyl sites for hydroxylation is 1. The first-order valence-electron chi connectivity index (χ1n) is 9.60. The first-order chi connectivity index (χ1) is 15.0. The summed E-state index contributed by atoms with van der Waals surface area (Å²) in [6, 6.07) is 18.9. The van der Waals surface area contributed by atoms with Gasteiger partial charge in [-0.25, -0.2) is 9.78 Å². The van der Waals surface area contributed by atoms with E-state index in [0.717, 1.165) is 27.5 Å². The zero-order chi connectivity index (χ0) is 21.5. The molecule has 152 valence electrons. The molecule has 0 radical (unpaired) electrons. The van der Waals surface area contributed by atoms with Crippen molar-refractivity contribution < 1.29 is 19.6 Å². The predicted octanol–water partition coefficient (Wildman–Crippen LogP) is 5.65. The number of aromatic carboxylic acids is 1. The Hall–Kier alpha value is -3.90. The highest BCUT2D eigenvalue weighted by Gasteiger charge is 2.14. The third kappa shape index (κ3) is 3.58. The van der Waals surface area contributed by atoms with Crippen LogP contribution in [0, 0.1) is 6.92 Å². The van der Waals surface area contributed by atoms with Gasteiger partial charge in [0.05, 0.1) is 21.6 Å². The molecule has 3 N–H and O–H groups in total. The molecule has 5 rings (SSSR count). The highest BCUT2D eigenvalue weighted by atomic mass is 35.5. The summed E-state index contributed by atoms with van der Waals surface area (Å²) in [4.78, 5) is 22.2. The minimum Gasteiger partial charge on any atom is -0.478 e. The molecule has 0 amide bonds. The number of rotatable bonds is 4. The number of H-pyrrole nitrogens is 2. The Balaban J connectivity index is 1.52. The maximum atomic E-state index is 11.4. The number of benzene rings is 3. The molecule has 0 aliphatic carbocycles. The molecule has 5 aromatic rings. The SMILES string of the molecule is Cc1ccc(Oc2nc3cc(-c4c[nH+]c5ccccc5c4)c(Cl)cc3[nH]2)cc1C(=O)O. The number of aromatic nitrogens is 3. The van der Waals surface area contributed by atoms with Crippen LogP contribution >= 0.6 is 11.6 Å². The molecule has 2 aromatic heterocycles. The number of fused-ring (bicyclic) bond motifs is 2. The Morgan fingerprint density at radius 1 is 1.13 bits per heavy atom. The van der Waals surface area contributed by atoms with Crippen LogP contribution in [0.5, 0.6) is 11.8 Å². The average Bonchev–Trinajstić information content (AvgIpc) is 3.15. The number of ether oxygens (including phenoxy) is 1. The normalized spacial score (nSPS) is 11.2. The maximum absolute atomic E-state index is 11.4. The lowest BCUT2D eigenvalue weighted by atomic mass is 10.0. The van der Waals surface area contributed by atoms with Gasteiger partial charge < -0.3 is 14.8 Å². The second-order valence-electron chi connectivity index (χ2n) is 7.25. The molecule has 0 saturated heterocycles. The molecule has 0 unspecified atom stereocenters. The van der Waals surface area contributed by atoms with Gasteiger partial charge in [-0.05, 0) is 48.9 Å². The lowest BCUT2D eigenvalue weighted by Gasteiger charge is -2.05. The summed E-state index contributed by atoms with van der Waals surface area (Å²) >= 11 is 6.56. The van der Waals surface area contributed by atoms with Crippen LogP contribution in [0.1, 0.15) is 15.9 Å². The first kappa shape index (κ1) is 19.1. The number of nitrogens with zero attached hydrogens (tertiary/aromatic N) is 1. The van der Waals surface area contributed by atoms with E-state index in [0.29, 0.717) is 21.9 Å². The number of aromatic amines is 2. The van der Waals surface area contributed by atoms with E-state index in [4.69, 9.17) is 16.3 Å². The Kier molecular flexibility index (Phi) is 4.56. The van der Waals surface area contributed by atoms with Gasteiger partial charge >= 0.3 is 5.97 Å². The summed E-state index contributed by atoms with van der Waals surface area (Å²) in [7, 11) is 0. The van der Waals surface area contributed by atoms with Crippen LogP contribution in [0.4, 0.5) is 0 Å². The molecule has 31 heavy (non-hydrogen) atoms. The zero-order valence-corrected chi connectivity index (χ0v) is 17.2. The van der Waals surface area contributed by atoms with Crippen LogP contribution in [-0.4, -0.2) is 21.0 Å². The number of nitrogens with one attached hydrogen (secondary N) is 2. The van der Waals surface area contributed by atoms with Crippen molar-refractivity contribution in [3.63, 3.8) is 0 Å². The van der Waals surface area contributed by atoms with Crippen molar-refractivity contribution >= 4 is 39.5 Å². The smallest absolute Gasteiger partial charge is 0.336 e. The Bertz CT molecular complexity index is 1480. The van der Waals surface area contributed by atoms with Gasteiger partial charge in [0.2, 0.25) is 5.52 Å². The molecule has 0 spiro atoms. The number of para-hydroxylation sites is 1. The number of carboxylic acid groups (broad SMARTS) is 1. The molecule has 0 aliphatic heterocycles. The molecular formula is C24H17ClN3O3+. The van der Waals surface area contributed by atoms with Crippen molar-refractivity contribution in [3.05, 3.63) is 83.0 Å². The van der Waals surface area contributed by atoms with E-state index in [9.17, 15) is 9.90 Å². The number of carboxylic acids is 1. The molecule has 6 nitrogen and oxygen atoms in total. The zero-order valence-electron chi connectivity index (χ0n) is 16.4. The maximum Gasteiger partial charge on any atom is 0.336 e. The summed E-state index contributed by atoms with van der Waals surface area (Å²) < 4.78 is 5.77. The van der Waals surface area contributed by atoms with E-state index in [2.05, 4.69) is 21.0 Å². The average molecular weight is 431 g/mol. The van der Waals surface area contributed by atoms with Gasteiger partial charge in [0.15, 0.2) is 6.20 Å². The summed E-state index contributed by atoms with van der Waals surface area (Å²) in [5.41, 5.74) is 5.09. The van der Waals surface area contributed by atoms with E-state index in [1.165, 1.54) is 6.07 Å². The fraction of sp³-hybridized carbons (Fsp3) is 0.0417.